The first-order chi connectivity index (χ1) is 11.7. The van der Waals surface area contributed by atoms with Gasteiger partial charge in [0.2, 0.25) is 0 Å². The molecule has 0 aromatic heterocycles. The summed E-state index contributed by atoms with van der Waals surface area (Å²) in [5, 5.41) is 25.3. The average Bonchev–Trinajstić information content (AvgIpc) is 2.51. The van der Waals surface area contributed by atoms with Crippen LogP contribution in [0.1, 0.15) is 13.8 Å². The quantitative estimate of drug-likeness (QED) is 0.226. The lowest BCUT2D eigenvalue weighted by Gasteiger charge is -2.29. The topological polar surface area (TPSA) is 140 Å². The van der Waals surface area contributed by atoms with E-state index in [9.17, 15) is 19.7 Å². The zero-order valence-corrected chi connectivity index (χ0v) is 13.6. The van der Waals surface area contributed by atoms with Gasteiger partial charge < -0.3 is 25.2 Å². The molecule has 1 fully saturated rings. The molecule has 1 aromatic carbocycles. The number of esters is 2. The summed E-state index contributed by atoms with van der Waals surface area (Å²) in [6.07, 6.45) is 1.07. The molecular weight excluding hydrogens is 334 g/mol. The van der Waals surface area contributed by atoms with Gasteiger partial charge in [0.1, 0.15) is 5.69 Å². The van der Waals surface area contributed by atoms with Gasteiger partial charge in [-0.3, -0.25) is 10.1 Å². The molecule has 0 bridgehead atoms. The lowest BCUT2D eigenvalue weighted by molar-refractivity contribution is -0.383. The Morgan fingerprint density at radius 3 is 2.48 bits per heavy atom. The van der Waals surface area contributed by atoms with Crippen LogP contribution < -0.4 is 10.6 Å². The smallest absolute Gasteiger partial charge is 0.350 e. The number of nitrogens with one attached hydrogen (secondary N) is 2. The molecule has 1 heterocycles. The van der Waals surface area contributed by atoms with Gasteiger partial charge >= 0.3 is 11.9 Å². The van der Waals surface area contributed by atoms with E-state index < -0.39 is 22.6 Å². The lowest BCUT2D eigenvalue weighted by atomic mass is 10.2. The maximum atomic E-state index is 11.8. The zero-order valence-electron chi connectivity index (χ0n) is 13.6. The van der Waals surface area contributed by atoms with Crippen molar-refractivity contribution in [3.05, 3.63) is 40.1 Å². The van der Waals surface area contributed by atoms with Crippen LogP contribution in [0.5, 0.6) is 0 Å². The number of nitrogens with zero attached hydrogens (tertiary/aromatic N) is 1. The second-order valence-electron chi connectivity index (χ2n) is 5.52. The van der Waals surface area contributed by atoms with Crippen LogP contribution in [-0.4, -0.2) is 40.9 Å². The lowest BCUT2D eigenvalue weighted by Crippen LogP contribution is -2.42. The van der Waals surface area contributed by atoms with Crippen LogP contribution in [0.2, 0.25) is 0 Å². The maximum absolute atomic E-state index is 11.8. The number of carbonyl (C=O) groups is 2. The Labute approximate surface area is 142 Å². The number of cyclic esters (lactones) is 2. The molecule has 1 aliphatic heterocycles. The van der Waals surface area contributed by atoms with E-state index in [-0.39, 0.29) is 35.8 Å². The van der Waals surface area contributed by atoms with Gasteiger partial charge in [0, 0.05) is 38.3 Å². The molecule has 0 unspecified atom stereocenters. The molecule has 0 atom stereocenters. The molecule has 0 amide bonds. The molecule has 3 N–H and O–H groups in total. The number of anilines is 2. The van der Waals surface area contributed by atoms with E-state index >= 15 is 0 Å². The summed E-state index contributed by atoms with van der Waals surface area (Å²) in [7, 11) is 0. The highest BCUT2D eigenvalue weighted by molar-refractivity contribution is 6.15. The summed E-state index contributed by atoms with van der Waals surface area (Å²) in [5.41, 5.74) is -0.0779. The number of ether oxygens (including phenoxy) is 2. The van der Waals surface area contributed by atoms with Crippen molar-refractivity contribution in [1.29, 1.82) is 0 Å². The first kappa shape index (κ1) is 18.2. The van der Waals surface area contributed by atoms with Crippen molar-refractivity contribution >= 4 is 29.0 Å². The van der Waals surface area contributed by atoms with Gasteiger partial charge in [-0.2, -0.15) is 0 Å². The number of rotatable bonds is 6. The normalized spacial score (nSPS) is 15.9. The summed E-state index contributed by atoms with van der Waals surface area (Å²) in [6.45, 7) is 2.83. The monoisotopic (exact) mass is 351 g/mol. The van der Waals surface area contributed by atoms with Gasteiger partial charge in [0.25, 0.3) is 11.5 Å². The third kappa shape index (κ3) is 4.44. The summed E-state index contributed by atoms with van der Waals surface area (Å²) in [4.78, 5) is 34.2. The molecule has 1 saturated heterocycles. The minimum Gasteiger partial charge on any atom is -0.419 e. The van der Waals surface area contributed by atoms with Gasteiger partial charge in [0.05, 0.1) is 11.5 Å². The summed E-state index contributed by atoms with van der Waals surface area (Å²) >= 11 is 0. The average molecular weight is 351 g/mol. The van der Waals surface area contributed by atoms with Gasteiger partial charge in [-0.05, 0) is 12.1 Å². The highest BCUT2D eigenvalue weighted by Gasteiger charge is 2.38. The molecule has 10 nitrogen and oxygen atoms in total. The predicted molar refractivity (Wildman–Crippen MR) is 86.6 cm³/mol. The third-order valence-electron chi connectivity index (χ3n) is 3.12. The Balaban J connectivity index is 2.20. The molecule has 0 radical (unpaired) electrons. The SMILES string of the molecule is CC1(C)OC(=O)C(=CNc2ccc(NCCO)c([N+](=O)[O-])c2)C(=O)O1. The Morgan fingerprint density at radius 2 is 1.92 bits per heavy atom. The number of benzene rings is 1. The van der Waals surface area contributed by atoms with Crippen LogP contribution in [0.15, 0.2) is 30.0 Å². The van der Waals surface area contributed by atoms with Gasteiger partial charge in [-0.1, -0.05) is 0 Å². The van der Waals surface area contributed by atoms with E-state index in [0.29, 0.717) is 0 Å². The number of aliphatic hydroxyl groups excluding tert-OH is 1. The van der Waals surface area contributed by atoms with Crippen molar-refractivity contribution in [1.82, 2.24) is 0 Å². The minimum atomic E-state index is -1.34. The molecule has 0 aliphatic carbocycles. The number of aliphatic hydroxyl groups is 1. The van der Waals surface area contributed by atoms with Crippen molar-refractivity contribution in [3.63, 3.8) is 0 Å². The highest BCUT2D eigenvalue weighted by atomic mass is 16.7. The number of nitro groups is 1. The standard InChI is InChI=1S/C15H17N3O7/c1-15(2)24-13(20)10(14(21)25-15)8-17-9-3-4-11(16-5-6-19)12(7-9)18(22)23/h3-4,7-8,16-17,19H,5-6H2,1-2H3. The Bertz CT molecular complexity index is 721. The predicted octanol–water partition coefficient (Wildman–Crippen LogP) is 1.13. The fourth-order valence-electron chi connectivity index (χ4n) is 2.05. The van der Waals surface area contributed by atoms with Crippen LogP contribution in [0.3, 0.4) is 0 Å². The largest absolute Gasteiger partial charge is 0.419 e. The van der Waals surface area contributed by atoms with Crippen molar-refractivity contribution in [2.24, 2.45) is 0 Å². The van der Waals surface area contributed by atoms with E-state index in [1.165, 1.54) is 32.0 Å². The van der Waals surface area contributed by atoms with Crippen molar-refractivity contribution < 1.29 is 29.1 Å². The number of hydrogen-bond acceptors (Lipinski definition) is 9. The summed E-state index contributed by atoms with van der Waals surface area (Å²) in [5.74, 6) is -3.06. The Morgan fingerprint density at radius 1 is 1.28 bits per heavy atom. The van der Waals surface area contributed by atoms with E-state index in [2.05, 4.69) is 10.6 Å². The molecular formula is C15H17N3O7. The number of carbonyl (C=O) groups excluding carboxylic acids is 2. The summed E-state index contributed by atoms with van der Waals surface area (Å²) in [6, 6.07) is 4.17. The van der Waals surface area contributed by atoms with E-state index in [0.717, 1.165) is 6.20 Å². The van der Waals surface area contributed by atoms with Gasteiger partial charge in [-0.25, -0.2) is 9.59 Å². The minimum absolute atomic E-state index is 0.158. The molecule has 0 spiro atoms. The maximum Gasteiger partial charge on any atom is 0.350 e. The number of nitro benzene ring substituents is 1. The third-order valence-corrected chi connectivity index (χ3v) is 3.12. The fraction of sp³-hybridized carbons (Fsp3) is 0.333. The molecule has 1 aliphatic rings. The fourth-order valence-corrected chi connectivity index (χ4v) is 2.05. The zero-order chi connectivity index (χ0) is 18.6. The van der Waals surface area contributed by atoms with Gasteiger partial charge in [0.15, 0.2) is 5.57 Å². The van der Waals surface area contributed by atoms with Crippen molar-refractivity contribution in [2.75, 3.05) is 23.8 Å². The van der Waals surface area contributed by atoms with Crippen LogP contribution in [0.4, 0.5) is 17.1 Å². The molecule has 2 rings (SSSR count). The summed E-state index contributed by atoms with van der Waals surface area (Å²) < 4.78 is 9.88. The molecule has 10 heteroatoms. The highest BCUT2D eigenvalue weighted by Crippen LogP contribution is 2.28. The van der Waals surface area contributed by atoms with Gasteiger partial charge in [-0.15, -0.1) is 0 Å². The second-order valence-corrected chi connectivity index (χ2v) is 5.52. The van der Waals surface area contributed by atoms with Crippen molar-refractivity contribution in [3.8, 4) is 0 Å². The van der Waals surface area contributed by atoms with E-state index in [4.69, 9.17) is 14.6 Å². The van der Waals surface area contributed by atoms with E-state index in [1.807, 2.05) is 0 Å². The van der Waals surface area contributed by atoms with E-state index in [1.54, 1.807) is 0 Å². The molecule has 1 aromatic rings. The Hall–Kier alpha value is -3.14. The first-order valence-electron chi connectivity index (χ1n) is 7.30. The van der Waals surface area contributed by atoms with Crippen molar-refractivity contribution in [2.45, 2.75) is 19.6 Å². The Kier molecular flexibility index (Phi) is 5.22. The second kappa shape index (κ2) is 7.18. The molecule has 134 valence electrons. The molecule has 25 heavy (non-hydrogen) atoms. The van der Waals surface area contributed by atoms with Crippen LogP contribution in [0, 0.1) is 10.1 Å². The van der Waals surface area contributed by atoms with Crippen LogP contribution >= 0.6 is 0 Å². The first-order valence-corrected chi connectivity index (χ1v) is 7.30. The molecule has 0 saturated carbocycles. The van der Waals surface area contributed by atoms with Crippen LogP contribution in [-0.2, 0) is 19.1 Å². The number of hydrogen-bond donors (Lipinski definition) is 3. The van der Waals surface area contributed by atoms with Crippen LogP contribution in [0.25, 0.3) is 0 Å².